The molecule has 3 aromatic rings. The van der Waals surface area contributed by atoms with Gasteiger partial charge in [-0.05, 0) is 24.6 Å². The number of hydrogen-bond acceptors (Lipinski definition) is 6. The number of nitro benzene ring substituents is 1. The Hall–Kier alpha value is -3.46. The maximum Gasteiger partial charge on any atom is 0.286 e. The van der Waals surface area contributed by atoms with E-state index in [2.05, 4.69) is 11.6 Å². The topological polar surface area (TPSA) is 96.0 Å². The second-order valence-corrected chi connectivity index (χ2v) is 7.16. The molecule has 0 aliphatic heterocycles. The van der Waals surface area contributed by atoms with Gasteiger partial charge in [0.1, 0.15) is 5.56 Å². The third kappa shape index (κ3) is 3.90. The van der Waals surface area contributed by atoms with Crippen molar-refractivity contribution >= 4 is 33.1 Å². The fourth-order valence-corrected chi connectivity index (χ4v) is 4.04. The van der Waals surface area contributed by atoms with E-state index in [4.69, 9.17) is 9.47 Å². The molecule has 0 aliphatic rings. The van der Waals surface area contributed by atoms with Crippen LogP contribution in [0.4, 0.5) is 5.69 Å². The van der Waals surface area contributed by atoms with E-state index in [1.165, 1.54) is 31.6 Å². The van der Waals surface area contributed by atoms with Gasteiger partial charge in [-0.1, -0.05) is 23.5 Å². The molecule has 1 heterocycles. The van der Waals surface area contributed by atoms with Gasteiger partial charge in [0.15, 0.2) is 16.3 Å². The first-order valence-electron chi connectivity index (χ1n) is 8.60. The molecule has 9 heteroatoms. The number of ether oxygens (including phenoxy) is 2. The lowest BCUT2D eigenvalue weighted by Gasteiger charge is -2.08. The molecule has 0 aliphatic carbocycles. The van der Waals surface area contributed by atoms with Crippen LogP contribution in [0.1, 0.15) is 15.9 Å². The highest BCUT2D eigenvalue weighted by Gasteiger charge is 2.24. The normalized spacial score (nSPS) is 11.5. The minimum atomic E-state index is -0.737. The molecule has 0 bridgehead atoms. The molecule has 0 N–H and O–H groups in total. The molecule has 2 aromatic carbocycles. The summed E-state index contributed by atoms with van der Waals surface area (Å²) in [5.41, 5.74) is 1.42. The molecule has 0 saturated heterocycles. The molecular weight excluding hydrogens is 394 g/mol. The number of carbonyl (C=O) groups is 1. The monoisotopic (exact) mass is 413 g/mol. The van der Waals surface area contributed by atoms with Crippen LogP contribution in [-0.4, -0.2) is 29.6 Å². The molecule has 150 valence electrons. The van der Waals surface area contributed by atoms with E-state index < -0.39 is 16.5 Å². The number of allylic oxidation sites excluding steroid dienone is 1. The quantitative estimate of drug-likeness (QED) is 0.347. The van der Waals surface area contributed by atoms with Crippen molar-refractivity contribution in [3.05, 3.63) is 69.0 Å². The van der Waals surface area contributed by atoms with Gasteiger partial charge in [-0.25, -0.2) is 0 Å². The number of nitrogens with zero attached hydrogens (tertiary/aromatic N) is 3. The van der Waals surface area contributed by atoms with Crippen LogP contribution >= 0.6 is 11.3 Å². The number of aromatic nitrogens is 1. The predicted molar refractivity (Wildman–Crippen MR) is 111 cm³/mol. The lowest BCUT2D eigenvalue weighted by Crippen LogP contribution is -2.16. The van der Waals surface area contributed by atoms with Gasteiger partial charge < -0.3 is 14.0 Å². The number of benzene rings is 2. The summed E-state index contributed by atoms with van der Waals surface area (Å²) in [6.07, 6.45) is 1.70. The first-order chi connectivity index (χ1) is 13.9. The Morgan fingerprint density at radius 3 is 2.59 bits per heavy atom. The highest BCUT2D eigenvalue weighted by atomic mass is 32.1. The third-order valence-corrected chi connectivity index (χ3v) is 5.32. The number of rotatable bonds is 6. The van der Waals surface area contributed by atoms with Crippen LogP contribution in [-0.2, 0) is 6.54 Å². The maximum absolute atomic E-state index is 12.9. The number of nitro groups is 1. The summed E-state index contributed by atoms with van der Waals surface area (Å²) in [7, 11) is 2.76. The van der Waals surface area contributed by atoms with Gasteiger partial charge in [0.05, 0.1) is 35.4 Å². The van der Waals surface area contributed by atoms with E-state index in [9.17, 15) is 14.9 Å². The number of carbonyl (C=O) groups excluding carboxylic acids is 1. The zero-order valence-electron chi connectivity index (χ0n) is 16.2. The Labute approximate surface area is 170 Å². The molecular formula is C20H19N3O5S. The zero-order valence-corrected chi connectivity index (χ0v) is 17.0. The largest absolute Gasteiger partial charge is 0.493 e. The summed E-state index contributed by atoms with van der Waals surface area (Å²) in [4.78, 5) is 28.4. The summed E-state index contributed by atoms with van der Waals surface area (Å²) in [6.45, 7) is 6.18. The molecule has 29 heavy (non-hydrogen) atoms. The Balaban J connectivity index is 2.22. The van der Waals surface area contributed by atoms with Gasteiger partial charge in [0.2, 0.25) is 0 Å². The van der Waals surface area contributed by atoms with Crippen molar-refractivity contribution < 1.29 is 19.2 Å². The fourth-order valence-electron chi connectivity index (χ4n) is 2.91. The number of methoxy groups -OCH3 is 2. The van der Waals surface area contributed by atoms with Crippen LogP contribution < -0.4 is 14.3 Å². The van der Waals surface area contributed by atoms with Gasteiger partial charge in [0.25, 0.3) is 11.6 Å². The van der Waals surface area contributed by atoms with Gasteiger partial charge in [-0.3, -0.25) is 14.9 Å². The van der Waals surface area contributed by atoms with Gasteiger partial charge in [0, 0.05) is 12.6 Å². The lowest BCUT2D eigenvalue weighted by atomic mass is 10.1. The first kappa shape index (κ1) is 20.3. The van der Waals surface area contributed by atoms with E-state index in [0.29, 0.717) is 11.3 Å². The summed E-state index contributed by atoms with van der Waals surface area (Å²) < 4.78 is 13.1. The molecule has 0 radical (unpaired) electrons. The standard InChI is InChI=1S/C20H19N3O5S/c1-5-8-22-14-7-6-12(2)9-18(14)29-20(22)21-19(24)13-10-16(27-3)17(28-4)11-15(13)23(25)26/h5-7,9-11H,1,8H2,2-4H3. The fraction of sp³-hybridized carbons (Fsp3) is 0.200. The molecule has 3 rings (SSSR count). The number of hydrogen-bond donors (Lipinski definition) is 0. The molecule has 0 saturated carbocycles. The molecule has 0 fully saturated rings. The second kappa shape index (κ2) is 8.27. The maximum atomic E-state index is 12.9. The average Bonchev–Trinajstić information content (AvgIpc) is 3.02. The predicted octanol–water partition coefficient (Wildman–Crippen LogP) is 3.86. The van der Waals surface area contributed by atoms with Crippen LogP contribution in [0.5, 0.6) is 11.5 Å². The number of aryl methyl sites for hydroxylation is 1. The summed E-state index contributed by atoms with van der Waals surface area (Å²) >= 11 is 1.33. The Morgan fingerprint density at radius 2 is 1.97 bits per heavy atom. The lowest BCUT2D eigenvalue weighted by molar-refractivity contribution is -0.385. The van der Waals surface area contributed by atoms with Crippen molar-refractivity contribution in [2.24, 2.45) is 4.99 Å². The van der Waals surface area contributed by atoms with E-state index in [1.54, 1.807) is 6.08 Å². The van der Waals surface area contributed by atoms with Crippen LogP contribution in [0.3, 0.4) is 0 Å². The smallest absolute Gasteiger partial charge is 0.286 e. The van der Waals surface area contributed by atoms with Crippen LogP contribution in [0, 0.1) is 17.0 Å². The van der Waals surface area contributed by atoms with Crippen LogP contribution in [0.2, 0.25) is 0 Å². The van der Waals surface area contributed by atoms with Crippen molar-refractivity contribution in [2.75, 3.05) is 14.2 Å². The summed E-state index contributed by atoms with van der Waals surface area (Å²) in [5.74, 6) is -0.365. The molecule has 1 amide bonds. The van der Waals surface area contributed by atoms with E-state index >= 15 is 0 Å². The minimum Gasteiger partial charge on any atom is -0.493 e. The Morgan fingerprint density at radius 1 is 1.28 bits per heavy atom. The van der Waals surface area contributed by atoms with Crippen molar-refractivity contribution in [2.45, 2.75) is 13.5 Å². The Kier molecular flexibility index (Phi) is 5.79. The average molecular weight is 413 g/mol. The second-order valence-electron chi connectivity index (χ2n) is 6.15. The molecule has 8 nitrogen and oxygen atoms in total. The number of amides is 1. The van der Waals surface area contributed by atoms with Crippen molar-refractivity contribution in [3.63, 3.8) is 0 Å². The highest BCUT2D eigenvalue weighted by molar-refractivity contribution is 7.16. The van der Waals surface area contributed by atoms with Gasteiger partial charge in [-0.2, -0.15) is 4.99 Å². The summed E-state index contributed by atoms with van der Waals surface area (Å²) in [5, 5.41) is 11.5. The summed E-state index contributed by atoms with van der Waals surface area (Å²) in [6, 6.07) is 8.36. The molecule has 0 spiro atoms. The van der Waals surface area contributed by atoms with Crippen molar-refractivity contribution in [1.29, 1.82) is 0 Å². The number of thiazole rings is 1. The zero-order chi connectivity index (χ0) is 21.1. The van der Waals surface area contributed by atoms with Crippen molar-refractivity contribution in [1.82, 2.24) is 4.57 Å². The van der Waals surface area contributed by atoms with Crippen molar-refractivity contribution in [3.8, 4) is 11.5 Å². The van der Waals surface area contributed by atoms with Gasteiger partial charge in [-0.15, -0.1) is 6.58 Å². The third-order valence-electron chi connectivity index (χ3n) is 4.28. The van der Waals surface area contributed by atoms with E-state index in [1.807, 2.05) is 29.7 Å². The van der Waals surface area contributed by atoms with Crippen LogP contribution in [0.25, 0.3) is 10.2 Å². The molecule has 1 aromatic heterocycles. The van der Waals surface area contributed by atoms with Gasteiger partial charge >= 0.3 is 0 Å². The number of fused-ring (bicyclic) bond motifs is 1. The SMILES string of the molecule is C=CCn1c(=NC(=O)c2cc(OC)c(OC)cc2[N+](=O)[O-])sc2cc(C)ccc21. The van der Waals surface area contributed by atoms with E-state index in [-0.39, 0.29) is 17.1 Å². The molecule has 0 unspecified atom stereocenters. The highest BCUT2D eigenvalue weighted by Crippen LogP contribution is 2.34. The molecule has 0 atom stereocenters. The van der Waals surface area contributed by atoms with E-state index in [0.717, 1.165) is 21.8 Å². The van der Waals surface area contributed by atoms with Crippen LogP contribution in [0.15, 0.2) is 48.0 Å². The Bertz CT molecular complexity index is 1190. The first-order valence-corrected chi connectivity index (χ1v) is 9.41. The minimum absolute atomic E-state index is 0.162.